The second kappa shape index (κ2) is 8.03. The third kappa shape index (κ3) is 4.12. The van der Waals surface area contributed by atoms with E-state index in [9.17, 15) is 9.59 Å². The van der Waals surface area contributed by atoms with Crippen LogP contribution in [-0.4, -0.2) is 24.5 Å². The van der Waals surface area contributed by atoms with Gasteiger partial charge < -0.3 is 9.47 Å². The fourth-order valence-corrected chi connectivity index (χ4v) is 2.89. The molecule has 1 atom stereocenters. The number of benzene rings is 2. The summed E-state index contributed by atoms with van der Waals surface area (Å²) in [6.07, 6.45) is -0.320. The van der Waals surface area contributed by atoms with Crippen molar-refractivity contribution in [2.75, 3.05) is 17.3 Å². The zero-order valence-electron chi connectivity index (χ0n) is 13.6. The largest absolute Gasteiger partial charge is 0.456 e. The lowest BCUT2D eigenvalue weighted by atomic mass is 9.99. The minimum Gasteiger partial charge on any atom is -0.456 e. The minimum absolute atomic E-state index is 0.193. The Hall–Kier alpha value is -2.53. The number of carbonyl (C=O) groups is 2. The van der Waals surface area contributed by atoms with Gasteiger partial charge in [-0.05, 0) is 11.6 Å². The van der Waals surface area contributed by atoms with Gasteiger partial charge in [0.1, 0.15) is 18.6 Å². The summed E-state index contributed by atoms with van der Waals surface area (Å²) in [5.41, 5.74) is 2.40. The van der Waals surface area contributed by atoms with Crippen molar-refractivity contribution < 1.29 is 19.1 Å². The van der Waals surface area contributed by atoms with Crippen LogP contribution in [-0.2, 0) is 20.9 Å². The van der Waals surface area contributed by atoms with Gasteiger partial charge in [-0.3, -0.25) is 9.69 Å². The first-order valence-electron chi connectivity index (χ1n) is 8.01. The lowest BCUT2D eigenvalue weighted by Crippen LogP contribution is -2.37. The van der Waals surface area contributed by atoms with E-state index in [2.05, 4.69) is 0 Å². The molecule has 1 heterocycles. The lowest BCUT2D eigenvalue weighted by molar-refractivity contribution is -0.146. The van der Waals surface area contributed by atoms with Crippen LogP contribution in [0.4, 0.5) is 10.5 Å². The van der Waals surface area contributed by atoms with Gasteiger partial charge in [-0.15, -0.1) is 11.6 Å². The number of amides is 1. The Bertz CT molecular complexity index is 750. The number of halogens is 1. The Balaban J connectivity index is 1.72. The topological polar surface area (TPSA) is 55.8 Å². The summed E-state index contributed by atoms with van der Waals surface area (Å²) in [6.45, 7) is 0.619. The highest BCUT2D eigenvalue weighted by molar-refractivity contribution is 6.26. The highest BCUT2D eigenvalue weighted by Gasteiger charge is 2.31. The molecule has 0 saturated heterocycles. The first-order chi connectivity index (χ1) is 12.2. The molecule has 0 unspecified atom stereocenters. The number of nitrogens with zero attached hydrogens (tertiary/aromatic N) is 1. The second-order valence-corrected chi connectivity index (χ2v) is 5.92. The van der Waals surface area contributed by atoms with Crippen molar-refractivity contribution in [1.29, 1.82) is 0 Å². The number of anilines is 1. The highest BCUT2D eigenvalue weighted by atomic mass is 35.5. The van der Waals surface area contributed by atoms with Gasteiger partial charge in [-0.1, -0.05) is 48.5 Å². The molecule has 2 aromatic carbocycles. The van der Waals surface area contributed by atoms with Crippen LogP contribution in [0.25, 0.3) is 0 Å². The molecule has 0 saturated carbocycles. The number of hydrogen-bond donors (Lipinski definition) is 0. The predicted molar refractivity (Wildman–Crippen MR) is 94.6 cm³/mol. The molecule has 0 fully saturated rings. The summed E-state index contributed by atoms with van der Waals surface area (Å²) in [7, 11) is 0. The summed E-state index contributed by atoms with van der Waals surface area (Å²) in [4.78, 5) is 25.6. The van der Waals surface area contributed by atoms with E-state index in [1.807, 2.05) is 54.6 Å². The Morgan fingerprint density at radius 1 is 1.08 bits per heavy atom. The van der Waals surface area contributed by atoms with Gasteiger partial charge in [0.2, 0.25) is 0 Å². The third-order valence-corrected chi connectivity index (χ3v) is 4.22. The van der Waals surface area contributed by atoms with Crippen molar-refractivity contribution >= 4 is 29.4 Å². The van der Waals surface area contributed by atoms with Crippen LogP contribution >= 0.6 is 11.6 Å². The van der Waals surface area contributed by atoms with E-state index >= 15 is 0 Å². The van der Waals surface area contributed by atoms with Crippen molar-refractivity contribution in [3.05, 3.63) is 65.7 Å². The normalized spacial score (nSPS) is 16.0. The molecular weight excluding hydrogens is 342 g/mol. The fourth-order valence-electron chi connectivity index (χ4n) is 2.83. The molecule has 5 nitrogen and oxygen atoms in total. The number of carbonyl (C=O) groups excluding carboxylic acids is 2. The average molecular weight is 360 g/mol. The summed E-state index contributed by atoms with van der Waals surface area (Å²) in [5.74, 6) is -0.664. The van der Waals surface area contributed by atoms with Gasteiger partial charge >= 0.3 is 12.1 Å². The quantitative estimate of drug-likeness (QED) is 0.610. The van der Waals surface area contributed by atoms with Crippen LogP contribution in [0.3, 0.4) is 0 Å². The first-order valence-corrected chi connectivity index (χ1v) is 8.55. The molecule has 0 aromatic heterocycles. The van der Waals surface area contributed by atoms with Crippen LogP contribution in [0, 0.1) is 0 Å². The Morgan fingerprint density at radius 3 is 2.56 bits per heavy atom. The molecule has 6 heteroatoms. The fraction of sp³-hybridized carbons (Fsp3) is 0.263. The van der Waals surface area contributed by atoms with Gasteiger partial charge in [-0.25, -0.2) is 4.79 Å². The summed E-state index contributed by atoms with van der Waals surface area (Å²) in [5, 5.41) is 0. The molecule has 130 valence electrons. The van der Waals surface area contributed by atoms with Crippen molar-refractivity contribution in [3.63, 3.8) is 0 Å². The number of fused-ring (bicyclic) bond motifs is 1. The van der Waals surface area contributed by atoms with Crippen molar-refractivity contribution in [3.8, 4) is 0 Å². The van der Waals surface area contributed by atoms with Gasteiger partial charge in [-0.2, -0.15) is 0 Å². The maximum atomic E-state index is 12.5. The van der Waals surface area contributed by atoms with Crippen LogP contribution in [0.5, 0.6) is 0 Å². The van der Waals surface area contributed by atoms with Gasteiger partial charge in [0.25, 0.3) is 0 Å². The van der Waals surface area contributed by atoms with E-state index in [1.54, 1.807) is 4.90 Å². The number of esters is 1. The van der Waals surface area contributed by atoms with Crippen molar-refractivity contribution in [1.82, 2.24) is 0 Å². The van der Waals surface area contributed by atoms with Crippen LogP contribution < -0.4 is 4.90 Å². The van der Waals surface area contributed by atoms with E-state index in [1.165, 1.54) is 0 Å². The maximum Gasteiger partial charge on any atom is 0.414 e. The molecule has 1 aliphatic heterocycles. The number of ether oxygens (including phenoxy) is 2. The van der Waals surface area contributed by atoms with E-state index < -0.39 is 18.2 Å². The monoisotopic (exact) mass is 359 g/mol. The van der Waals surface area contributed by atoms with Crippen LogP contribution in [0.15, 0.2) is 54.6 Å². The molecule has 0 N–H and O–H groups in total. The summed E-state index contributed by atoms with van der Waals surface area (Å²) in [6, 6.07) is 16.9. The molecule has 0 aliphatic carbocycles. The predicted octanol–water partition coefficient (Wildman–Crippen LogP) is 4.06. The summed E-state index contributed by atoms with van der Waals surface area (Å²) >= 11 is 5.52. The van der Waals surface area contributed by atoms with Crippen molar-refractivity contribution in [2.24, 2.45) is 0 Å². The molecule has 0 radical (unpaired) electrons. The minimum atomic E-state index is -0.471. The molecule has 1 amide bonds. The van der Waals surface area contributed by atoms with Gasteiger partial charge in [0.15, 0.2) is 0 Å². The van der Waals surface area contributed by atoms with E-state index in [4.69, 9.17) is 21.1 Å². The molecule has 0 spiro atoms. The van der Waals surface area contributed by atoms with Gasteiger partial charge in [0, 0.05) is 18.5 Å². The highest BCUT2D eigenvalue weighted by Crippen LogP contribution is 2.36. The molecule has 1 aliphatic rings. The molecule has 25 heavy (non-hydrogen) atoms. The average Bonchev–Trinajstić information content (AvgIpc) is 2.67. The lowest BCUT2D eigenvalue weighted by Gasteiger charge is -2.33. The Kier molecular flexibility index (Phi) is 5.56. The number of hydrogen-bond acceptors (Lipinski definition) is 4. The number of rotatable bonds is 4. The molecule has 3 rings (SSSR count). The third-order valence-electron chi connectivity index (χ3n) is 4.00. The zero-order chi connectivity index (χ0) is 17.6. The van der Waals surface area contributed by atoms with Crippen LogP contribution in [0.1, 0.15) is 23.7 Å². The standard InChI is InChI=1S/C19H18ClNO4/c20-12-18(22)25-17-10-11-21(16-9-5-4-8-15(16)17)19(23)24-13-14-6-2-1-3-7-14/h1-9,17H,10-13H2/t17-/m1/s1. The van der Waals surface area contributed by atoms with Gasteiger partial charge in [0.05, 0.1) is 5.69 Å². The maximum absolute atomic E-state index is 12.5. The number of para-hydroxylation sites is 1. The summed E-state index contributed by atoms with van der Waals surface area (Å²) < 4.78 is 10.8. The Morgan fingerprint density at radius 2 is 1.80 bits per heavy atom. The molecule has 2 aromatic rings. The first kappa shape index (κ1) is 17.3. The van der Waals surface area contributed by atoms with E-state index in [0.29, 0.717) is 18.7 Å². The Labute approximate surface area is 151 Å². The zero-order valence-corrected chi connectivity index (χ0v) is 14.3. The molecular formula is C19H18ClNO4. The molecule has 0 bridgehead atoms. The van der Waals surface area contributed by atoms with E-state index in [-0.39, 0.29) is 12.5 Å². The second-order valence-electron chi connectivity index (χ2n) is 5.65. The van der Waals surface area contributed by atoms with E-state index in [0.717, 1.165) is 11.1 Å². The number of alkyl halides is 1. The smallest absolute Gasteiger partial charge is 0.414 e. The van der Waals surface area contributed by atoms with Crippen LogP contribution in [0.2, 0.25) is 0 Å². The van der Waals surface area contributed by atoms with Crippen molar-refractivity contribution in [2.45, 2.75) is 19.1 Å². The SMILES string of the molecule is O=C(CCl)O[C@@H]1CCN(C(=O)OCc2ccccc2)c2ccccc21.